The molecule has 0 bridgehead atoms. The number of H-pyrrole nitrogens is 1. The van der Waals surface area contributed by atoms with Crippen LogP contribution in [-0.4, -0.2) is 30.6 Å². The second-order valence-corrected chi connectivity index (χ2v) is 8.97. The monoisotopic (exact) mass is 416 g/mol. The Balaban J connectivity index is 1.88. The summed E-state index contributed by atoms with van der Waals surface area (Å²) in [4.78, 5) is 12.4. The Bertz CT molecular complexity index is 952. The highest BCUT2D eigenvalue weighted by Gasteiger charge is 2.30. The van der Waals surface area contributed by atoms with Crippen molar-refractivity contribution in [2.75, 3.05) is 5.32 Å². The summed E-state index contributed by atoms with van der Waals surface area (Å²) in [5, 5.41) is 9.45. The molecule has 140 valence electrons. The van der Waals surface area contributed by atoms with Crippen molar-refractivity contribution < 1.29 is 13.2 Å². The normalized spacial score (nSPS) is 14.7. The summed E-state index contributed by atoms with van der Waals surface area (Å²) >= 11 is 12.1. The van der Waals surface area contributed by atoms with E-state index in [1.54, 1.807) is 6.07 Å². The zero-order chi connectivity index (χ0) is 19.1. The van der Waals surface area contributed by atoms with Crippen LogP contribution >= 0.6 is 23.2 Å². The molecule has 0 saturated heterocycles. The zero-order valence-corrected chi connectivity index (χ0v) is 16.5. The van der Waals surface area contributed by atoms with Gasteiger partial charge in [0.1, 0.15) is 4.90 Å². The summed E-state index contributed by atoms with van der Waals surface area (Å²) in [6.07, 6.45) is 1.57. The summed E-state index contributed by atoms with van der Waals surface area (Å²) in [6, 6.07) is 4.06. The van der Waals surface area contributed by atoms with Gasteiger partial charge in [0.05, 0.1) is 15.6 Å². The third kappa shape index (κ3) is 4.20. The molecule has 0 spiro atoms. The second-order valence-electron chi connectivity index (χ2n) is 6.48. The predicted octanol–water partition coefficient (Wildman–Crippen LogP) is 3.53. The molecule has 1 fully saturated rings. The smallest absolute Gasteiger partial charge is 0.258 e. The predicted molar refractivity (Wildman–Crippen MR) is 100 cm³/mol. The maximum absolute atomic E-state index is 12.5. The molecule has 0 unspecified atom stereocenters. The highest BCUT2D eigenvalue weighted by molar-refractivity contribution is 7.89. The molecular weight excluding hydrogens is 399 g/mol. The largest absolute Gasteiger partial charge is 0.305 e. The fourth-order valence-electron chi connectivity index (χ4n) is 2.27. The number of anilines is 1. The molecule has 0 atom stereocenters. The van der Waals surface area contributed by atoms with Crippen molar-refractivity contribution >= 4 is 45.0 Å². The van der Waals surface area contributed by atoms with Gasteiger partial charge in [-0.2, -0.15) is 5.10 Å². The van der Waals surface area contributed by atoms with E-state index in [0.717, 1.165) is 18.5 Å². The lowest BCUT2D eigenvalue weighted by atomic mass is 10.1. The average molecular weight is 417 g/mol. The number of amides is 1. The van der Waals surface area contributed by atoms with E-state index in [-0.39, 0.29) is 32.5 Å². The lowest BCUT2D eigenvalue weighted by molar-refractivity contribution is 0.102. The van der Waals surface area contributed by atoms with Crippen molar-refractivity contribution in [3.05, 3.63) is 39.5 Å². The maximum atomic E-state index is 12.5. The number of rotatable bonds is 6. The number of halogens is 2. The van der Waals surface area contributed by atoms with Gasteiger partial charge in [0.2, 0.25) is 10.0 Å². The van der Waals surface area contributed by atoms with Gasteiger partial charge in [0, 0.05) is 17.8 Å². The first-order chi connectivity index (χ1) is 12.2. The molecule has 1 aromatic heterocycles. The molecule has 1 heterocycles. The Morgan fingerprint density at radius 3 is 2.50 bits per heavy atom. The Morgan fingerprint density at radius 1 is 1.23 bits per heavy atom. The molecular formula is C16H18Cl2N4O3S. The molecule has 1 aromatic carbocycles. The summed E-state index contributed by atoms with van der Waals surface area (Å²) in [6.45, 7) is 3.97. The first kappa shape index (κ1) is 19.2. The van der Waals surface area contributed by atoms with Crippen LogP contribution in [0.25, 0.3) is 0 Å². The maximum Gasteiger partial charge on any atom is 0.258 e. The third-order valence-corrected chi connectivity index (χ3v) is 6.21. The SMILES string of the molecule is CC(C)c1cc(NC(=O)c2cc(S(=O)(=O)NC3CC3)c(Cl)cc2Cl)n[nH]1. The van der Waals surface area contributed by atoms with Crippen LogP contribution in [0.3, 0.4) is 0 Å². The molecule has 1 aliphatic carbocycles. The van der Waals surface area contributed by atoms with Crippen LogP contribution in [0, 0.1) is 0 Å². The van der Waals surface area contributed by atoms with E-state index in [2.05, 4.69) is 20.2 Å². The van der Waals surface area contributed by atoms with Gasteiger partial charge < -0.3 is 5.32 Å². The molecule has 2 aromatic rings. The number of aromatic amines is 1. The summed E-state index contributed by atoms with van der Waals surface area (Å²) in [5.41, 5.74) is 0.862. The Labute approximate surface area is 161 Å². The van der Waals surface area contributed by atoms with E-state index >= 15 is 0 Å². The number of hydrogen-bond donors (Lipinski definition) is 3. The average Bonchev–Trinajstić information content (AvgIpc) is 3.20. The van der Waals surface area contributed by atoms with E-state index in [1.807, 2.05) is 13.8 Å². The fraction of sp³-hybridized carbons (Fsp3) is 0.375. The van der Waals surface area contributed by atoms with E-state index in [0.29, 0.717) is 5.82 Å². The molecule has 1 saturated carbocycles. The Morgan fingerprint density at radius 2 is 1.92 bits per heavy atom. The minimum atomic E-state index is -3.82. The quantitative estimate of drug-likeness (QED) is 0.669. The Hall–Kier alpha value is -1.61. The summed E-state index contributed by atoms with van der Waals surface area (Å²) < 4.78 is 27.4. The van der Waals surface area contributed by atoms with Crippen molar-refractivity contribution in [1.29, 1.82) is 0 Å². The first-order valence-electron chi connectivity index (χ1n) is 8.05. The van der Waals surface area contributed by atoms with Crippen molar-refractivity contribution in [2.24, 2.45) is 0 Å². The molecule has 0 aliphatic heterocycles. The van der Waals surface area contributed by atoms with Crippen LogP contribution in [0.1, 0.15) is 48.7 Å². The van der Waals surface area contributed by atoms with Gasteiger partial charge in [-0.25, -0.2) is 13.1 Å². The molecule has 10 heteroatoms. The van der Waals surface area contributed by atoms with Crippen molar-refractivity contribution in [3.8, 4) is 0 Å². The van der Waals surface area contributed by atoms with Crippen molar-refractivity contribution in [2.45, 2.75) is 43.5 Å². The van der Waals surface area contributed by atoms with E-state index < -0.39 is 15.9 Å². The van der Waals surface area contributed by atoms with Crippen LogP contribution < -0.4 is 10.0 Å². The molecule has 1 amide bonds. The number of hydrogen-bond acceptors (Lipinski definition) is 4. The number of sulfonamides is 1. The van der Waals surface area contributed by atoms with Gasteiger partial charge >= 0.3 is 0 Å². The summed E-state index contributed by atoms with van der Waals surface area (Å²) in [5.74, 6) is -0.0286. The molecule has 7 nitrogen and oxygen atoms in total. The molecule has 1 aliphatic rings. The van der Waals surface area contributed by atoms with Crippen molar-refractivity contribution in [3.63, 3.8) is 0 Å². The van der Waals surface area contributed by atoms with E-state index in [1.165, 1.54) is 12.1 Å². The second kappa shape index (κ2) is 7.19. The van der Waals surface area contributed by atoms with Crippen LogP contribution in [0.2, 0.25) is 10.0 Å². The minimum absolute atomic E-state index is 0.00124. The van der Waals surface area contributed by atoms with Crippen molar-refractivity contribution in [1.82, 2.24) is 14.9 Å². The fourth-order valence-corrected chi connectivity index (χ4v) is 4.44. The highest BCUT2D eigenvalue weighted by atomic mass is 35.5. The highest BCUT2D eigenvalue weighted by Crippen LogP contribution is 2.31. The molecule has 0 radical (unpaired) electrons. The number of nitrogens with zero attached hydrogens (tertiary/aromatic N) is 1. The van der Waals surface area contributed by atoms with E-state index in [4.69, 9.17) is 23.2 Å². The lowest BCUT2D eigenvalue weighted by Crippen LogP contribution is -2.26. The zero-order valence-electron chi connectivity index (χ0n) is 14.1. The third-order valence-electron chi connectivity index (χ3n) is 3.92. The number of aromatic nitrogens is 2. The van der Waals surface area contributed by atoms with Crippen LogP contribution in [0.5, 0.6) is 0 Å². The van der Waals surface area contributed by atoms with Crippen LogP contribution in [0.15, 0.2) is 23.1 Å². The van der Waals surface area contributed by atoms with Gasteiger partial charge in [-0.1, -0.05) is 37.0 Å². The Kier molecular flexibility index (Phi) is 5.30. The number of carbonyl (C=O) groups is 1. The summed E-state index contributed by atoms with van der Waals surface area (Å²) in [7, 11) is -3.82. The van der Waals surface area contributed by atoms with Gasteiger partial charge in [-0.15, -0.1) is 0 Å². The van der Waals surface area contributed by atoms with Gasteiger partial charge in [-0.05, 0) is 30.9 Å². The van der Waals surface area contributed by atoms with E-state index in [9.17, 15) is 13.2 Å². The lowest BCUT2D eigenvalue weighted by Gasteiger charge is -2.11. The van der Waals surface area contributed by atoms with Crippen LogP contribution in [-0.2, 0) is 10.0 Å². The standard InChI is InChI=1S/C16H18Cl2N4O3S/c1-8(2)13-7-15(21-20-13)19-16(23)10-5-14(12(18)6-11(10)17)26(24,25)22-9-3-4-9/h5-9,22H,3-4H2,1-2H3,(H2,19,20,21,23). The number of carbonyl (C=O) groups excluding carboxylic acids is 1. The number of benzene rings is 1. The molecule has 26 heavy (non-hydrogen) atoms. The first-order valence-corrected chi connectivity index (χ1v) is 10.3. The van der Waals surface area contributed by atoms with Gasteiger partial charge in [0.15, 0.2) is 5.82 Å². The minimum Gasteiger partial charge on any atom is -0.305 e. The number of nitrogens with one attached hydrogen (secondary N) is 3. The van der Waals surface area contributed by atoms with Crippen LogP contribution in [0.4, 0.5) is 5.82 Å². The topological polar surface area (TPSA) is 104 Å². The molecule has 3 N–H and O–H groups in total. The van der Waals surface area contributed by atoms with Gasteiger partial charge in [0.25, 0.3) is 5.91 Å². The van der Waals surface area contributed by atoms with Gasteiger partial charge in [-0.3, -0.25) is 9.89 Å². The molecule has 3 rings (SSSR count).